The Kier molecular flexibility index (Phi) is 5.29. The molecule has 0 unspecified atom stereocenters. The minimum Gasteiger partial charge on any atom is -0.385 e. The summed E-state index contributed by atoms with van der Waals surface area (Å²) in [5, 5.41) is 16.7. The van der Waals surface area contributed by atoms with Crippen molar-refractivity contribution in [1.82, 2.24) is 5.32 Å². The number of rotatable bonds is 6. The first-order valence-corrected chi connectivity index (χ1v) is 6.26. The van der Waals surface area contributed by atoms with Gasteiger partial charge in [-0.1, -0.05) is 13.8 Å². The molecule has 0 spiro atoms. The molecule has 6 heteroatoms. The van der Waals surface area contributed by atoms with Crippen molar-refractivity contribution < 1.29 is 9.72 Å². The molecule has 6 nitrogen and oxygen atoms in total. The van der Waals surface area contributed by atoms with Crippen LogP contribution in [-0.4, -0.2) is 23.9 Å². The highest BCUT2D eigenvalue weighted by atomic mass is 16.6. The topological polar surface area (TPSA) is 84.3 Å². The Hall–Kier alpha value is -2.11. The lowest BCUT2D eigenvalue weighted by Crippen LogP contribution is -2.28. The summed E-state index contributed by atoms with van der Waals surface area (Å²) >= 11 is 0. The normalized spacial score (nSPS) is 10.3. The van der Waals surface area contributed by atoms with Crippen molar-refractivity contribution in [3.63, 3.8) is 0 Å². The van der Waals surface area contributed by atoms with Crippen LogP contribution in [0.25, 0.3) is 0 Å². The Bertz CT molecular complexity index is 472. The molecule has 0 radical (unpaired) electrons. The van der Waals surface area contributed by atoms with Gasteiger partial charge in [-0.15, -0.1) is 0 Å². The van der Waals surface area contributed by atoms with Crippen LogP contribution >= 0.6 is 0 Å². The highest BCUT2D eigenvalue weighted by molar-refractivity contribution is 5.99. The molecule has 1 rings (SSSR count). The van der Waals surface area contributed by atoms with Crippen LogP contribution in [0.15, 0.2) is 18.2 Å². The van der Waals surface area contributed by atoms with Gasteiger partial charge in [0.15, 0.2) is 0 Å². The fourth-order valence-electron chi connectivity index (χ4n) is 1.58. The lowest BCUT2D eigenvalue weighted by Gasteiger charge is -2.10. The van der Waals surface area contributed by atoms with E-state index in [2.05, 4.69) is 10.6 Å². The van der Waals surface area contributed by atoms with E-state index in [1.54, 1.807) is 6.07 Å². The largest absolute Gasteiger partial charge is 0.385 e. The Morgan fingerprint density at radius 2 is 2.11 bits per heavy atom. The fourth-order valence-corrected chi connectivity index (χ4v) is 1.58. The van der Waals surface area contributed by atoms with Crippen LogP contribution in [-0.2, 0) is 0 Å². The van der Waals surface area contributed by atoms with Crippen LogP contribution in [0.5, 0.6) is 0 Å². The number of nitro groups is 1. The van der Waals surface area contributed by atoms with E-state index in [4.69, 9.17) is 0 Å². The summed E-state index contributed by atoms with van der Waals surface area (Å²) in [6.07, 6.45) is 0. The minimum atomic E-state index is -0.542. The van der Waals surface area contributed by atoms with Gasteiger partial charge in [0.1, 0.15) is 5.56 Å². The molecule has 0 aromatic heterocycles. The predicted octanol–water partition coefficient (Wildman–Crippen LogP) is 2.41. The molecule has 19 heavy (non-hydrogen) atoms. The number of hydrogen-bond acceptors (Lipinski definition) is 4. The number of amides is 1. The van der Waals surface area contributed by atoms with Gasteiger partial charge in [-0.05, 0) is 25.0 Å². The zero-order valence-electron chi connectivity index (χ0n) is 11.4. The standard InChI is InChI=1S/C13H19N3O3/c1-4-14-10-5-6-12(16(18)19)11(7-10)13(17)15-8-9(2)3/h5-7,9,14H,4,8H2,1-3H3,(H,15,17). The molecular formula is C13H19N3O3. The van der Waals surface area contributed by atoms with Gasteiger partial charge in [0, 0.05) is 24.8 Å². The van der Waals surface area contributed by atoms with Crippen molar-refractivity contribution in [2.75, 3.05) is 18.4 Å². The molecular weight excluding hydrogens is 246 g/mol. The maximum atomic E-state index is 12.0. The minimum absolute atomic E-state index is 0.0871. The average Bonchev–Trinajstić information content (AvgIpc) is 2.36. The highest BCUT2D eigenvalue weighted by Gasteiger charge is 2.20. The van der Waals surface area contributed by atoms with Crippen LogP contribution in [0.3, 0.4) is 0 Å². The molecule has 0 bridgehead atoms. The van der Waals surface area contributed by atoms with Crippen molar-refractivity contribution in [3.05, 3.63) is 33.9 Å². The van der Waals surface area contributed by atoms with Crippen molar-refractivity contribution in [2.45, 2.75) is 20.8 Å². The van der Waals surface area contributed by atoms with Gasteiger partial charge in [0.05, 0.1) is 4.92 Å². The molecule has 1 aromatic carbocycles. The third-order valence-corrected chi connectivity index (χ3v) is 2.49. The van der Waals surface area contributed by atoms with Crippen LogP contribution < -0.4 is 10.6 Å². The van der Waals surface area contributed by atoms with Crippen molar-refractivity contribution in [3.8, 4) is 0 Å². The maximum absolute atomic E-state index is 12.0. The van der Waals surface area contributed by atoms with E-state index in [1.807, 2.05) is 20.8 Å². The number of hydrogen-bond donors (Lipinski definition) is 2. The van der Waals surface area contributed by atoms with E-state index in [-0.39, 0.29) is 11.3 Å². The number of benzene rings is 1. The Morgan fingerprint density at radius 3 is 2.63 bits per heavy atom. The summed E-state index contributed by atoms with van der Waals surface area (Å²) in [4.78, 5) is 22.4. The van der Waals surface area contributed by atoms with Gasteiger partial charge in [0.25, 0.3) is 11.6 Å². The number of nitrogens with one attached hydrogen (secondary N) is 2. The van der Waals surface area contributed by atoms with E-state index in [9.17, 15) is 14.9 Å². The smallest absolute Gasteiger partial charge is 0.282 e. The van der Waals surface area contributed by atoms with Crippen LogP contribution in [0.1, 0.15) is 31.1 Å². The molecule has 0 aliphatic rings. The van der Waals surface area contributed by atoms with Crippen molar-refractivity contribution in [2.24, 2.45) is 5.92 Å². The van der Waals surface area contributed by atoms with E-state index in [0.717, 1.165) is 0 Å². The Balaban J connectivity index is 3.02. The second kappa shape index (κ2) is 6.72. The predicted molar refractivity (Wildman–Crippen MR) is 74.4 cm³/mol. The summed E-state index contributed by atoms with van der Waals surface area (Å²) in [6.45, 7) is 7.01. The van der Waals surface area contributed by atoms with E-state index < -0.39 is 10.8 Å². The Labute approximate surface area is 112 Å². The van der Waals surface area contributed by atoms with Crippen molar-refractivity contribution >= 4 is 17.3 Å². The summed E-state index contributed by atoms with van der Waals surface area (Å²) in [7, 11) is 0. The molecule has 0 aliphatic carbocycles. The van der Waals surface area contributed by atoms with Gasteiger partial charge in [-0.2, -0.15) is 0 Å². The molecule has 0 atom stereocenters. The molecule has 2 N–H and O–H groups in total. The zero-order chi connectivity index (χ0) is 14.4. The molecule has 0 saturated carbocycles. The third-order valence-electron chi connectivity index (χ3n) is 2.49. The number of nitro benzene ring substituents is 1. The number of anilines is 1. The molecule has 1 amide bonds. The first-order valence-electron chi connectivity index (χ1n) is 6.26. The van der Waals surface area contributed by atoms with Crippen LogP contribution in [0.2, 0.25) is 0 Å². The van der Waals surface area contributed by atoms with E-state index >= 15 is 0 Å². The summed E-state index contributed by atoms with van der Waals surface area (Å²) < 4.78 is 0. The third kappa shape index (κ3) is 4.24. The van der Waals surface area contributed by atoms with E-state index in [0.29, 0.717) is 24.7 Å². The monoisotopic (exact) mass is 265 g/mol. The summed E-state index contributed by atoms with van der Waals surface area (Å²) in [5.41, 5.74) is 0.606. The van der Waals surface area contributed by atoms with Gasteiger partial charge < -0.3 is 10.6 Å². The number of carbonyl (C=O) groups excluding carboxylic acids is 1. The van der Waals surface area contributed by atoms with Crippen LogP contribution in [0.4, 0.5) is 11.4 Å². The summed E-state index contributed by atoms with van der Waals surface area (Å²) in [5.74, 6) is -0.125. The second-order valence-corrected chi connectivity index (χ2v) is 4.62. The number of carbonyl (C=O) groups is 1. The van der Waals surface area contributed by atoms with Gasteiger partial charge in [-0.25, -0.2) is 0 Å². The molecule has 0 aliphatic heterocycles. The van der Waals surface area contributed by atoms with Gasteiger partial charge in [-0.3, -0.25) is 14.9 Å². The SMILES string of the molecule is CCNc1ccc([N+](=O)[O-])c(C(=O)NCC(C)C)c1. The second-order valence-electron chi connectivity index (χ2n) is 4.62. The van der Waals surface area contributed by atoms with Gasteiger partial charge in [0.2, 0.25) is 0 Å². The molecule has 0 fully saturated rings. The number of nitrogens with zero attached hydrogens (tertiary/aromatic N) is 1. The molecule has 0 heterocycles. The quantitative estimate of drug-likeness (QED) is 0.611. The molecule has 1 aromatic rings. The average molecular weight is 265 g/mol. The fraction of sp³-hybridized carbons (Fsp3) is 0.462. The lowest BCUT2D eigenvalue weighted by molar-refractivity contribution is -0.385. The Morgan fingerprint density at radius 1 is 1.42 bits per heavy atom. The van der Waals surface area contributed by atoms with Crippen LogP contribution in [0, 0.1) is 16.0 Å². The van der Waals surface area contributed by atoms with Crippen molar-refractivity contribution in [1.29, 1.82) is 0 Å². The molecule has 0 saturated heterocycles. The van der Waals surface area contributed by atoms with Gasteiger partial charge >= 0.3 is 0 Å². The van der Waals surface area contributed by atoms with E-state index in [1.165, 1.54) is 12.1 Å². The molecule has 104 valence electrons. The maximum Gasteiger partial charge on any atom is 0.282 e. The zero-order valence-corrected chi connectivity index (χ0v) is 11.4. The highest BCUT2D eigenvalue weighted by Crippen LogP contribution is 2.22. The first kappa shape index (κ1) is 14.9. The summed E-state index contributed by atoms with van der Waals surface area (Å²) in [6, 6.07) is 4.46. The lowest BCUT2D eigenvalue weighted by atomic mass is 10.1. The first-order chi connectivity index (χ1) is 8.95.